The van der Waals surface area contributed by atoms with Gasteiger partial charge in [0, 0.05) is 16.8 Å². The van der Waals surface area contributed by atoms with Crippen LogP contribution in [0.15, 0.2) is 99.4 Å². The molecule has 5 rings (SSSR count). The second kappa shape index (κ2) is 10.2. The number of amides is 1. The van der Waals surface area contributed by atoms with E-state index in [0.29, 0.717) is 22.3 Å². The van der Waals surface area contributed by atoms with Gasteiger partial charge < -0.3 is 24.3 Å². The van der Waals surface area contributed by atoms with Crippen molar-refractivity contribution in [3.8, 4) is 11.6 Å². The topological polar surface area (TPSA) is 124 Å². The van der Waals surface area contributed by atoms with E-state index in [0.717, 1.165) is 5.56 Å². The van der Waals surface area contributed by atoms with E-state index in [1.165, 1.54) is 35.6 Å². The summed E-state index contributed by atoms with van der Waals surface area (Å²) >= 11 is 6.01. The lowest BCUT2D eigenvalue weighted by atomic mass is 10.2. The highest BCUT2D eigenvalue weighted by molar-refractivity contribution is 6.30. The first kappa shape index (κ1) is 22.9. The van der Waals surface area contributed by atoms with Gasteiger partial charge in [0.15, 0.2) is 0 Å². The molecule has 0 aliphatic heterocycles. The summed E-state index contributed by atoms with van der Waals surface area (Å²) in [6, 6.07) is 17.2. The molecule has 11 heteroatoms. The lowest BCUT2D eigenvalue weighted by Gasteiger charge is -2.16. The Labute approximate surface area is 209 Å². The number of carbonyl (C=O) groups is 1. The molecule has 0 saturated heterocycles. The van der Waals surface area contributed by atoms with E-state index in [9.17, 15) is 9.59 Å². The van der Waals surface area contributed by atoms with Gasteiger partial charge in [-0.15, -0.1) is 0 Å². The number of hydrogen-bond donors (Lipinski definition) is 2. The fraction of sp³-hybridized carbons (Fsp3) is 0.0400. The molecular weight excluding hydrogens is 486 g/mol. The van der Waals surface area contributed by atoms with Crippen LogP contribution in [0.4, 0.5) is 17.3 Å². The van der Waals surface area contributed by atoms with E-state index in [1.807, 2.05) is 12.1 Å². The number of hydrogen-bond acceptors (Lipinski definition) is 8. The van der Waals surface area contributed by atoms with Crippen molar-refractivity contribution in [2.45, 2.75) is 6.54 Å². The second-order valence-corrected chi connectivity index (χ2v) is 8.00. The molecule has 180 valence electrons. The molecule has 2 N–H and O–H groups in total. The normalized spacial score (nSPS) is 10.7. The number of halogens is 1. The van der Waals surface area contributed by atoms with E-state index >= 15 is 0 Å². The van der Waals surface area contributed by atoms with E-state index in [2.05, 4.69) is 20.8 Å². The highest BCUT2D eigenvalue weighted by atomic mass is 35.5. The zero-order valence-electron chi connectivity index (χ0n) is 18.6. The maximum Gasteiger partial charge on any atom is 0.279 e. The first-order valence-electron chi connectivity index (χ1n) is 10.7. The van der Waals surface area contributed by atoms with Gasteiger partial charge in [-0.25, -0.2) is 4.98 Å². The Kier molecular flexibility index (Phi) is 6.50. The molecule has 1 amide bonds. The Balaban J connectivity index is 1.43. The number of aromatic nitrogens is 3. The fourth-order valence-corrected chi connectivity index (χ4v) is 3.42. The van der Waals surface area contributed by atoms with Gasteiger partial charge in [0.25, 0.3) is 17.3 Å². The minimum Gasteiger partial charge on any atom is -0.472 e. The van der Waals surface area contributed by atoms with Crippen LogP contribution in [-0.2, 0) is 6.54 Å². The van der Waals surface area contributed by atoms with Gasteiger partial charge >= 0.3 is 0 Å². The van der Waals surface area contributed by atoms with Gasteiger partial charge in [0.1, 0.15) is 24.0 Å². The lowest BCUT2D eigenvalue weighted by molar-refractivity contribution is 0.102. The Morgan fingerprint density at radius 1 is 1.03 bits per heavy atom. The number of rotatable bonds is 8. The Morgan fingerprint density at radius 3 is 2.53 bits per heavy atom. The summed E-state index contributed by atoms with van der Waals surface area (Å²) < 4.78 is 16.7. The zero-order chi connectivity index (χ0) is 24.9. The molecule has 3 heterocycles. The molecule has 0 spiro atoms. The molecule has 0 atom stereocenters. The molecule has 0 aliphatic carbocycles. The second-order valence-electron chi connectivity index (χ2n) is 7.57. The van der Waals surface area contributed by atoms with Gasteiger partial charge in [0.05, 0.1) is 24.6 Å². The SMILES string of the molecule is O=C(Nc1cnc(Nc2ccc(Oc3ccon3)cc2)n(Cc2ccc(Cl)cc2)c1=O)c1ccoc1. The smallest absolute Gasteiger partial charge is 0.279 e. The lowest BCUT2D eigenvalue weighted by Crippen LogP contribution is -2.28. The van der Waals surface area contributed by atoms with Crippen LogP contribution in [0.3, 0.4) is 0 Å². The number of nitrogens with one attached hydrogen (secondary N) is 2. The fourth-order valence-electron chi connectivity index (χ4n) is 3.30. The first-order valence-corrected chi connectivity index (χ1v) is 11.1. The molecule has 0 aliphatic rings. The van der Waals surface area contributed by atoms with E-state index < -0.39 is 11.5 Å². The van der Waals surface area contributed by atoms with Crippen LogP contribution in [-0.4, -0.2) is 20.6 Å². The quantitative estimate of drug-likeness (QED) is 0.292. The Morgan fingerprint density at radius 2 is 1.83 bits per heavy atom. The number of benzene rings is 2. The third kappa shape index (κ3) is 5.29. The average molecular weight is 504 g/mol. The summed E-state index contributed by atoms with van der Waals surface area (Å²) in [4.78, 5) is 30.2. The van der Waals surface area contributed by atoms with Gasteiger partial charge in [0.2, 0.25) is 5.95 Å². The molecule has 0 unspecified atom stereocenters. The van der Waals surface area contributed by atoms with Gasteiger partial charge in [-0.1, -0.05) is 23.7 Å². The molecule has 3 aromatic heterocycles. The van der Waals surface area contributed by atoms with Crippen LogP contribution in [0.5, 0.6) is 11.6 Å². The first-order chi connectivity index (χ1) is 17.5. The monoisotopic (exact) mass is 503 g/mol. The van der Waals surface area contributed by atoms with Crippen molar-refractivity contribution in [1.29, 1.82) is 0 Å². The molecular formula is C25H18ClN5O5. The Bertz CT molecular complexity index is 1510. The van der Waals surface area contributed by atoms with Crippen molar-refractivity contribution in [1.82, 2.24) is 14.7 Å². The summed E-state index contributed by atoms with van der Waals surface area (Å²) in [5.74, 6) is 0.686. The predicted molar refractivity (Wildman–Crippen MR) is 132 cm³/mol. The van der Waals surface area contributed by atoms with Crippen LogP contribution >= 0.6 is 11.6 Å². The Hall–Kier alpha value is -4.83. The van der Waals surface area contributed by atoms with E-state index in [4.69, 9.17) is 25.3 Å². The summed E-state index contributed by atoms with van der Waals surface area (Å²) in [7, 11) is 0. The number of carbonyl (C=O) groups excluding carboxylic acids is 1. The standard InChI is InChI=1S/C25H18ClN5O5/c26-18-3-1-16(2-4-18)14-31-24(33)21(29-23(32)17-9-11-34-15-17)13-27-25(31)28-19-5-7-20(8-6-19)36-22-10-12-35-30-22/h1-13,15H,14H2,(H,27,28)(H,29,32). The number of nitrogens with zero attached hydrogens (tertiary/aromatic N) is 3. The molecule has 36 heavy (non-hydrogen) atoms. The van der Waals surface area contributed by atoms with E-state index in [1.54, 1.807) is 42.5 Å². The van der Waals surface area contributed by atoms with Crippen molar-refractivity contribution < 1.29 is 18.5 Å². The zero-order valence-corrected chi connectivity index (χ0v) is 19.3. The molecule has 0 saturated carbocycles. The maximum atomic E-state index is 13.4. The van der Waals surface area contributed by atoms with Crippen LogP contribution < -0.4 is 20.9 Å². The van der Waals surface area contributed by atoms with Crippen LogP contribution in [0.2, 0.25) is 5.02 Å². The predicted octanol–water partition coefficient (Wildman–Crippen LogP) is 5.31. The molecule has 0 fully saturated rings. The molecule has 10 nitrogen and oxygen atoms in total. The number of furan rings is 1. The van der Waals surface area contributed by atoms with Crippen LogP contribution in [0.25, 0.3) is 0 Å². The molecule has 0 bridgehead atoms. The largest absolute Gasteiger partial charge is 0.472 e. The van der Waals surface area contributed by atoms with Crippen molar-refractivity contribution in [2.75, 3.05) is 10.6 Å². The summed E-state index contributed by atoms with van der Waals surface area (Å²) in [6.45, 7) is 0.189. The maximum absolute atomic E-state index is 13.4. The third-order valence-corrected chi connectivity index (χ3v) is 5.33. The highest BCUT2D eigenvalue weighted by Crippen LogP contribution is 2.23. The number of anilines is 3. The summed E-state index contributed by atoms with van der Waals surface area (Å²) in [5.41, 5.74) is 1.35. The molecule has 0 radical (unpaired) electrons. The summed E-state index contributed by atoms with van der Waals surface area (Å²) in [6.07, 6.45) is 5.39. The van der Waals surface area contributed by atoms with Crippen LogP contribution in [0.1, 0.15) is 15.9 Å². The van der Waals surface area contributed by atoms with Crippen molar-refractivity contribution in [3.05, 3.63) is 112 Å². The minimum absolute atomic E-state index is 0.0251. The molecule has 2 aromatic carbocycles. The highest BCUT2D eigenvalue weighted by Gasteiger charge is 2.15. The van der Waals surface area contributed by atoms with Crippen molar-refractivity contribution >= 4 is 34.8 Å². The van der Waals surface area contributed by atoms with Gasteiger partial charge in [-0.2, -0.15) is 0 Å². The van der Waals surface area contributed by atoms with Gasteiger partial charge in [-0.3, -0.25) is 14.2 Å². The summed E-state index contributed by atoms with van der Waals surface area (Å²) in [5, 5.41) is 10.0. The van der Waals surface area contributed by atoms with Crippen LogP contribution in [0, 0.1) is 0 Å². The third-order valence-electron chi connectivity index (χ3n) is 5.08. The van der Waals surface area contributed by atoms with E-state index in [-0.39, 0.29) is 23.7 Å². The van der Waals surface area contributed by atoms with Crippen molar-refractivity contribution in [3.63, 3.8) is 0 Å². The minimum atomic E-state index is -0.482. The molecule has 5 aromatic rings. The van der Waals surface area contributed by atoms with Gasteiger partial charge in [-0.05, 0) is 53.2 Å². The average Bonchev–Trinajstić information content (AvgIpc) is 3.60. The van der Waals surface area contributed by atoms with Crippen molar-refractivity contribution in [2.24, 2.45) is 0 Å². The number of ether oxygens (including phenoxy) is 1.